The van der Waals surface area contributed by atoms with Gasteiger partial charge in [0.05, 0.1) is 46.2 Å². The Morgan fingerprint density at radius 1 is 0.477 bits per heavy atom. The summed E-state index contributed by atoms with van der Waals surface area (Å²) in [7, 11) is -2.83. The number of ether oxygens (including phenoxy) is 5. The lowest BCUT2D eigenvalue weighted by atomic mass is 9.84. The molecule has 0 saturated heterocycles. The van der Waals surface area contributed by atoms with Gasteiger partial charge in [-0.25, -0.2) is 4.18 Å². The molecule has 44 heavy (non-hydrogen) atoms. The van der Waals surface area contributed by atoms with Gasteiger partial charge in [-0.05, 0) is 25.7 Å². The number of methoxy groups -OCH3 is 1. The first-order valence-corrected chi connectivity index (χ1v) is 19.2. The minimum absolute atomic E-state index is 0.0521. The average molecular weight is 655 g/mol. The highest BCUT2D eigenvalue weighted by atomic mass is 32.3. The Labute approximate surface area is 271 Å². The van der Waals surface area contributed by atoms with Crippen molar-refractivity contribution in [3.8, 4) is 0 Å². The van der Waals surface area contributed by atoms with Crippen LogP contribution in [0.1, 0.15) is 142 Å². The van der Waals surface area contributed by atoms with Crippen LogP contribution in [0.2, 0.25) is 0 Å². The van der Waals surface area contributed by atoms with E-state index in [0.717, 1.165) is 64.6 Å². The van der Waals surface area contributed by atoms with Crippen molar-refractivity contribution in [3.63, 3.8) is 0 Å². The molecule has 266 valence electrons. The number of hydrogen-bond donors (Lipinski definition) is 1. The molecule has 0 bridgehead atoms. The second-order valence-corrected chi connectivity index (χ2v) is 13.4. The van der Waals surface area contributed by atoms with Crippen LogP contribution in [0.3, 0.4) is 0 Å². The Morgan fingerprint density at radius 2 is 0.864 bits per heavy atom. The fourth-order valence-electron chi connectivity index (χ4n) is 5.21. The Kier molecular flexibility index (Phi) is 32.4. The van der Waals surface area contributed by atoms with E-state index < -0.39 is 10.4 Å². The van der Waals surface area contributed by atoms with E-state index in [1.54, 1.807) is 7.11 Å². The van der Waals surface area contributed by atoms with Crippen molar-refractivity contribution in [1.82, 2.24) is 0 Å². The monoisotopic (exact) mass is 654 g/mol. The summed E-state index contributed by atoms with van der Waals surface area (Å²) in [6.07, 6.45) is 24.2. The van der Waals surface area contributed by atoms with Gasteiger partial charge in [0, 0.05) is 32.3 Å². The van der Waals surface area contributed by atoms with Gasteiger partial charge in [0.15, 0.2) is 0 Å². The van der Waals surface area contributed by atoms with Crippen LogP contribution in [0.15, 0.2) is 0 Å². The van der Waals surface area contributed by atoms with Crippen molar-refractivity contribution >= 4 is 10.4 Å². The zero-order chi connectivity index (χ0) is 32.5. The van der Waals surface area contributed by atoms with Crippen molar-refractivity contribution in [2.45, 2.75) is 142 Å². The lowest BCUT2D eigenvalue weighted by Crippen LogP contribution is -2.38. The maximum absolute atomic E-state index is 10.9. The second-order valence-electron chi connectivity index (χ2n) is 12.3. The zero-order valence-electron chi connectivity index (χ0n) is 28.8. The summed E-state index contributed by atoms with van der Waals surface area (Å²) in [5.74, 6) is 0. The van der Waals surface area contributed by atoms with Gasteiger partial charge in [-0.2, -0.15) is 8.42 Å². The van der Waals surface area contributed by atoms with Crippen molar-refractivity contribution in [2.24, 2.45) is 5.41 Å². The summed E-state index contributed by atoms with van der Waals surface area (Å²) in [6, 6.07) is 0. The van der Waals surface area contributed by atoms with Crippen molar-refractivity contribution in [3.05, 3.63) is 0 Å². The zero-order valence-corrected chi connectivity index (χ0v) is 29.7. The molecule has 0 aromatic heterocycles. The first-order valence-electron chi connectivity index (χ1n) is 17.8. The van der Waals surface area contributed by atoms with Crippen LogP contribution >= 0.6 is 0 Å². The van der Waals surface area contributed by atoms with Crippen LogP contribution in [0.25, 0.3) is 0 Å². The summed E-state index contributed by atoms with van der Waals surface area (Å²) >= 11 is 0. The molecule has 1 N–H and O–H groups in total. The van der Waals surface area contributed by atoms with E-state index in [-0.39, 0.29) is 18.6 Å². The lowest BCUT2D eigenvalue weighted by Gasteiger charge is -2.33. The first kappa shape index (κ1) is 43.7. The minimum Gasteiger partial charge on any atom is -0.382 e. The van der Waals surface area contributed by atoms with E-state index in [1.165, 1.54) is 77.0 Å². The molecule has 0 aromatic rings. The third-order valence-corrected chi connectivity index (χ3v) is 8.36. The molecular weight excluding hydrogens is 584 g/mol. The molecule has 0 heterocycles. The Morgan fingerprint density at radius 3 is 1.34 bits per heavy atom. The SMILES string of the molecule is CCCCCCCCCCCCOC[C@](CCCCCCCOCCCCCC)(COCCOC)COCCOS(=O)(=O)O. The molecule has 10 heteroatoms. The molecule has 0 rings (SSSR count). The summed E-state index contributed by atoms with van der Waals surface area (Å²) in [6.45, 7) is 9.07. The van der Waals surface area contributed by atoms with E-state index in [2.05, 4.69) is 18.0 Å². The van der Waals surface area contributed by atoms with Crippen LogP contribution < -0.4 is 0 Å². The third kappa shape index (κ3) is 31.6. The molecule has 1 atom stereocenters. The molecule has 0 aromatic carbocycles. The number of hydrogen-bond acceptors (Lipinski definition) is 8. The highest BCUT2D eigenvalue weighted by Gasteiger charge is 2.31. The van der Waals surface area contributed by atoms with Crippen molar-refractivity contribution in [2.75, 3.05) is 73.2 Å². The van der Waals surface area contributed by atoms with Gasteiger partial charge in [-0.3, -0.25) is 4.55 Å². The summed E-state index contributed by atoms with van der Waals surface area (Å²) in [5, 5.41) is 0. The molecule has 0 aliphatic heterocycles. The average Bonchev–Trinajstić information content (AvgIpc) is 2.99. The topological polar surface area (TPSA) is 110 Å². The van der Waals surface area contributed by atoms with Gasteiger partial charge in [0.1, 0.15) is 0 Å². The highest BCUT2D eigenvalue weighted by Crippen LogP contribution is 2.28. The van der Waals surface area contributed by atoms with Crippen LogP contribution in [-0.2, 0) is 38.3 Å². The largest absolute Gasteiger partial charge is 0.397 e. The minimum atomic E-state index is -4.48. The van der Waals surface area contributed by atoms with Crippen LogP contribution in [0, 0.1) is 5.41 Å². The quantitative estimate of drug-likeness (QED) is 0.0522. The van der Waals surface area contributed by atoms with E-state index in [4.69, 9.17) is 28.2 Å². The lowest BCUT2D eigenvalue weighted by molar-refractivity contribution is -0.0825. The second kappa shape index (κ2) is 32.6. The molecule has 0 saturated carbocycles. The number of rotatable bonds is 37. The fourth-order valence-corrected chi connectivity index (χ4v) is 5.49. The van der Waals surface area contributed by atoms with Gasteiger partial charge in [-0.1, -0.05) is 117 Å². The molecule has 0 spiro atoms. The maximum atomic E-state index is 10.9. The van der Waals surface area contributed by atoms with E-state index in [0.29, 0.717) is 39.6 Å². The first-order chi connectivity index (χ1) is 21.4. The van der Waals surface area contributed by atoms with Gasteiger partial charge < -0.3 is 23.7 Å². The smallest absolute Gasteiger partial charge is 0.382 e. The van der Waals surface area contributed by atoms with Crippen LogP contribution in [-0.4, -0.2) is 86.1 Å². The molecule has 0 fully saturated rings. The summed E-state index contributed by atoms with van der Waals surface area (Å²) < 4.78 is 64.1. The van der Waals surface area contributed by atoms with E-state index in [1.807, 2.05) is 0 Å². The van der Waals surface area contributed by atoms with Crippen molar-refractivity contribution in [1.29, 1.82) is 0 Å². The van der Waals surface area contributed by atoms with E-state index in [9.17, 15) is 8.42 Å². The predicted molar refractivity (Wildman–Crippen MR) is 179 cm³/mol. The van der Waals surface area contributed by atoms with E-state index >= 15 is 0 Å². The van der Waals surface area contributed by atoms with Gasteiger partial charge >= 0.3 is 10.4 Å². The molecule has 0 unspecified atom stereocenters. The normalized spacial score (nSPS) is 13.5. The predicted octanol–water partition coefficient (Wildman–Crippen LogP) is 8.35. The standard InChI is InChI=1S/C34H70O9S/c1-4-6-8-10-11-12-13-14-17-22-26-40-31-34(32-41-28-27-38-3,33-42-29-30-43-44(35,36)37)23-19-16-15-18-21-25-39-24-20-9-7-5-2/h4-33H2,1-3H3,(H,35,36,37)/t34-/m1/s1. The fraction of sp³-hybridized carbons (Fsp3) is 1.00. The Hall–Kier alpha value is -0.330. The van der Waals surface area contributed by atoms with Gasteiger partial charge in [0.2, 0.25) is 0 Å². The maximum Gasteiger partial charge on any atom is 0.397 e. The molecule has 0 radical (unpaired) electrons. The van der Waals surface area contributed by atoms with Crippen LogP contribution in [0.4, 0.5) is 0 Å². The molecule has 0 amide bonds. The summed E-state index contributed by atoms with van der Waals surface area (Å²) in [5.41, 5.74) is -0.355. The third-order valence-electron chi connectivity index (χ3n) is 7.90. The molecular formula is C34H70O9S. The van der Waals surface area contributed by atoms with Crippen molar-refractivity contribution < 1.29 is 40.8 Å². The molecule has 9 nitrogen and oxygen atoms in total. The van der Waals surface area contributed by atoms with Crippen LogP contribution in [0.5, 0.6) is 0 Å². The Bertz CT molecular complexity index is 648. The summed E-state index contributed by atoms with van der Waals surface area (Å²) in [4.78, 5) is 0. The van der Waals surface area contributed by atoms with Gasteiger partial charge in [0.25, 0.3) is 0 Å². The molecule has 0 aliphatic carbocycles. The molecule has 0 aliphatic rings. The van der Waals surface area contributed by atoms with Gasteiger partial charge in [-0.15, -0.1) is 0 Å². The Balaban J connectivity index is 4.64. The number of unbranched alkanes of at least 4 members (excludes halogenated alkanes) is 16. The highest BCUT2D eigenvalue weighted by molar-refractivity contribution is 7.80.